The lowest BCUT2D eigenvalue weighted by molar-refractivity contribution is 0.102. The highest BCUT2D eigenvalue weighted by Crippen LogP contribution is 2.38. The molecule has 6 nitrogen and oxygen atoms in total. The van der Waals surface area contributed by atoms with E-state index in [0.29, 0.717) is 22.2 Å². The quantitative estimate of drug-likeness (QED) is 0.560. The molecule has 0 saturated heterocycles. The summed E-state index contributed by atoms with van der Waals surface area (Å²) in [5, 5.41) is 3.42. The Labute approximate surface area is 160 Å². The molecule has 1 amide bonds. The number of rotatable bonds is 4. The standard InChI is InChI=1S/C20H18N4O2S/c1-12-11-15(13(2)26-12)19(25)23-20-22-16(14-7-5-4-6-8-14)17(27-20)18-21-9-10-24(18)3/h4-11H,1-3H3,(H,22,23,25). The molecule has 0 aliphatic rings. The monoisotopic (exact) mass is 378 g/mol. The van der Waals surface area contributed by atoms with Gasteiger partial charge < -0.3 is 8.98 Å². The van der Waals surface area contributed by atoms with Gasteiger partial charge in [0.05, 0.1) is 16.1 Å². The van der Waals surface area contributed by atoms with Crippen LogP contribution < -0.4 is 5.32 Å². The number of carbonyl (C=O) groups excluding carboxylic acids is 1. The molecule has 1 aromatic carbocycles. The summed E-state index contributed by atoms with van der Waals surface area (Å²) in [5.41, 5.74) is 2.29. The van der Waals surface area contributed by atoms with Crippen LogP contribution in [0.3, 0.4) is 0 Å². The first-order valence-corrected chi connectivity index (χ1v) is 9.27. The molecular weight excluding hydrogens is 360 g/mol. The second-order valence-electron chi connectivity index (χ2n) is 6.21. The van der Waals surface area contributed by atoms with Crippen molar-refractivity contribution in [2.45, 2.75) is 13.8 Å². The van der Waals surface area contributed by atoms with Gasteiger partial charge in [0.15, 0.2) is 11.0 Å². The molecule has 0 unspecified atom stereocenters. The van der Waals surface area contributed by atoms with Gasteiger partial charge in [-0.2, -0.15) is 0 Å². The van der Waals surface area contributed by atoms with Crippen molar-refractivity contribution < 1.29 is 9.21 Å². The van der Waals surface area contributed by atoms with Crippen LogP contribution in [-0.2, 0) is 7.05 Å². The average Bonchev–Trinajstić information content (AvgIpc) is 3.34. The van der Waals surface area contributed by atoms with E-state index in [-0.39, 0.29) is 5.91 Å². The maximum absolute atomic E-state index is 12.6. The van der Waals surface area contributed by atoms with Crippen molar-refractivity contribution in [2.75, 3.05) is 5.32 Å². The van der Waals surface area contributed by atoms with Crippen LogP contribution in [0, 0.1) is 13.8 Å². The van der Waals surface area contributed by atoms with Crippen molar-refractivity contribution in [3.8, 4) is 22.0 Å². The van der Waals surface area contributed by atoms with Crippen LogP contribution in [0.5, 0.6) is 0 Å². The van der Waals surface area contributed by atoms with Crippen LogP contribution in [0.4, 0.5) is 5.13 Å². The Bertz CT molecular complexity index is 1110. The molecule has 0 spiro atoms. The summed E-state index contributed by atoms with van der Waals surface area (Å²) in [6.07, 6.45) is 3.64. The first-order valence-electron chi connectivity index (χ1n) is 8.45. The molecule has 1 N–H and O–H groups in total. The lowest BCUT2D eigenvalue weighted by Crippen LogP contribution is -2.11. The lowest BCUT2D eigenvalue weighted by atomic mass is 10.1. The largest absolute Gasteiger partial charge is 0.466 e. The Kier molecular flexibility index (Phi) is 4.37. The topological polar surface area (TPSA) is 73.0 Å². The molecule has 136 valence electrons. The zero-order valence-electron chi connectivity index (χ0n) is 15.2. The van der Waals surface area contributed by atoms with Gasteiger partial charge in [0.1, 0.15) is 11.5 Å². The number of hydrogen-bond donors (Lipinski definition) is 1. The summed E-state index contributed by atoms with van der Waals surface area (Å²) in [7, 11) is 1.94. The fourth-order valence-electron chi connectivity index (χ4n) is 2.92. The minimum Gasteiger partial charge on any atom is -0.466 e. The highest BCUT2D eigenvalue weighted by atomic mass is 32.1. The van der Waals surface area contributed by atoms with Crippen molar-refractivity contribution in [1.29, 1.82) is 0 Å². The number of anilines is 1. The van der Waals surface area contributed by atoms with Crippen LogP contribution in [0.2, 0.25) is 0 Å². The van der Waals surface area contributed by atoms with Crippen LogP contribution in [0.25, 0.3) is 22.0 Å². The Hall–Kier alpha value is -3.19. The Balaban J connectivity index is 1.74. The van der Waals surface area contributed by atoms with Crippen LogP contribution >= 0.6 is 11.3 Å². The van der Waals surface area contributed by atoms with Crippen molar-refractivity contribution >= 4 is 22.4 Å². The van der Waals surface area contributed by atoms with E-state index >= 15 is 0 Å². The van der Waals surface area contributed by atoms with Crippen LogP contribution in [0.1, 0.15) is 21.9 Å². The second kappa shape index (κ2) is 6.85. The second-order valence-corrected chi connectivity index (χ2v) is 7.20. The lowest BCUT2D eigenvalue weighted by Gasteiger charge is -2.02. The minimum atomic E-state index is -0.232. The van der Waals surface area contributed by atoms with Gasteiger partial charge in [-0.25, -0.2) is 9.97 Å². The molecule has 3 heterocycles. The first-order chi connectivity index (χ1) is 13.0. The molecule has 3 aromatic heterocycles. The van der Waals surface area contributed by atoms with Gasteiger partial charge >= 0.3 is 0 Å². The number of nitrogens with one attached hydrogen (secondary N) is 1. The van der Waals surface area contributed by atoms with Crippen molar-refractivity contribution in [3.63, 3.8) is 0 Å². The molecule has 0 bridgehead atoms. The van der Waals surface area contributed by atoms with Gasteiger partial charge in [0.2, 0.25) is 0 Å². The van der Waals surface area contributed by atoms with Gasteiger partial charge in [-0.05, 0) is 19.9 Å². The van der Waals surface area contributed by atoms with Gasteiger partial charge in [0, 0.05) is 25.0 Å². The molecule has 0 radical (unpaired) electrons. The van der Waals surface area contributed by atoms with Gasteiger partial charge in [-0.1, -0.05) is 41.7 Å². The molecule has 0 aliphatic carbocycles. The van der Waals surface area contributed by atoms with E-state index in [4.69, 9.17) is 4.42 Å². The maximum Gasteiger partial charge on any atom is 0.260 e. The smallest absolute Gasteiger partial charge is 0.260 e. The molecule has 4 aromatic rings. The predicted molar refractivity (Wildman–Crippen MR) is 106 cm³/mol. The predicted octanol–water partition coefficient (Wildman–Crippen LogP) is 4.67. The first kappa shape index (κ1) is 17.2. The van der Waals surface area contributed by atoms with E-state index in [9.17, 15) is 4.79 Å². The summed E-state index contributed by atoms with van der Waals surface area (Å²) < 4.78 is 7.39. The number of imidazole rings is 1. The molecule has 7 heteroatoms. The molecule has 0 fully saturated rings. The third kappa shape index (κ3) is 3.29. The fourth-order valence-corrected chi connectivity index (χ4v) is 3.94. The Morgan fingerprint density at radius 3 is 2.63 bits per heavy atom. The summed E-state index contributed by atoms with van der Waals surface area (Å²) in [6.45, 7) is 3.60. The zero-order chi connectivity index (χ0) is 19.0. The number of hydrogen-bond acceptors (Lipinski definition) is 5. The maximum atomic E-state index is 12.6. The normalized spacial score (nSPS) is 10.9. The highest BCUT2D eigenvalue weighted by Gasteiger charge is 2.20. The van der Waals surface area contributed by atoms with Gasteiger partial charge in [0.25, 0.3) is 5.91 Å². The number of benzene rings is 1. The Morgan fingerprint density at radius 2 is 2.00 bits per heavy atom. The van der Waals surface area contributed by atoms with E-state index in [1.807, 2.05) is 55.1 Å². The SMILES string of the molecule is Cc1cc(C(=O)Nc2nc(-c3ccccc3)c(-c3nccn3C)s2)c(C)o1. The van der Waals surface area contributed by atoms with Gasteiger partial charge in [-0.3, -0.25) is 10.1 Å². The molecule has 4 rings (SSSR count). The summed E-state index contributed by atoms with van der Waals surface area (Å²) >= 11 is 1.40. The van der Waals surface area contributed by atoms with Gasteiger partial charge in [-0.15, -0.1) is 0 Å². The molecule has 0 aliphatic heterocycles. The number of furan rings is 1. The summed E-state index contributed by atoms with van der Waals surface area (Å²) in [6, 6.07) is 11.6. The Morgan fingerprint density at radius 1 is 1.22 bits per heavy atom. The van der Waals surface area contributed by atoms with Crippen LogP contribution in [0.15, 0.2) is 53.2 Å². The fraction of sp³-hybridized carbons (Fsp3) is 0.150. The molecule has 27 heavy (non-hydrogen) atoms. The summed E-state index contributed by atoms with van der Waals surface area (Å²) in [5.74, 6) is 1.87. The van der Waals surface area contributed by atoms with Crippen molar-refractivity contribution in [3.05, 3.63) is 65.9 Å². The van der Waals surface area contributed by atoms with Crippen molar-refractivity contribution in [2.24, 2.45) is 7.05 Å². The van der Waals surface area contributed by atoms with Crippen LogP contribution in [-0.4, -0.2) is 20.4 Å². The number of aryl methyl sites for hydroxylation is 3. The van der Waals surface area contributed by atoms with E-state index in [0.717, 1.165) is 22.0 Å². The van der Waals surface area contributed by atoms with E-state index in [2.05, 4.69) is 15.3 Å². The minimum absolute atomic E-state index is 0.232. The number of thiazole rings is 1. The van der Waals surface area contributed by atoms with E-state index in [1.165, 1.54) is 11.3 Å². The number of aromatic nitrogens is 3. The average molecular weight is 378 g/mol. The number of carbonyl (C=O) groups is 1. The van der Waals surface area contributed by atoms with E-state index in [1.54, 1.807) is 19.2 Å². The molecule has 0 saturated carbocycles. The van der Waals surface area contributed by atoms with Crippen molar-refractivity contribution in [1.82, 2.24) is 14.5 Å². The van der Waals surface area contributed by atoms with E-state index < -0.39 is 0 Å². The third-order valence-corrected chi connectivity index (χ3v) is 5.17. The summed E-state index contributed by atoms with van der Waals surface area (Å²) in [4.78, 5) is 22.7. The third-order valence-electron chi connectivity index (χ3n) is 4.20. The molecular formula is C20H18N4O2S. The number of amides is 1. The number of nitrogens with zero attached hydrogens (tertiary/aromatic N) is 3. The molecule has 0 atom stereocenters. The highest BCUT2D eigenvalue weighted by molar-refractivity contribution is 7.19. The zero-order valence-corrected chi connectivity index (χ0v) is 16.0.